The number of ether oxygens (including phenoxy) is 1. The number of nitrogens with zero attached hydrogens (tertiary/aromatic N) is 1. The largest absolute Gasteiger partial charge is 0.488 e. The first-order valence-electron chi connectivity index (χ1n) is 6.56. The SMILES string of the molecule is CC1CCC(Oc2cc(C#N)ccc2N)CC1C. The molecule has 3 atom stereocenters. The molecule has 2 N–H and O–H groups in total. The summed E-state index contributed by atoms with van der Waals surface area (Å²) in [4.78, 5) is 0. The molecule has 0 spiro atoms. The lowest BCUT2D eigenvalue weighted by molar-refractivity contribution is 0.101. The van der Waals surface area contributed by atoms with Gasteiger partial charge in [-0.15, -0.1) is 0 Å². The second kappa shape index (κ2) is 5.30. The lowest BCUT2D eigenvalue weighted by Crippen LogP contribution is -2.29. The molecule has 1 aliphatic carbocycles. The van der Waals surface area contributed by atoms with Gasteiger partial charge in [0.25, 0.3) is 0 Å². The molecule has 0 radical (unpaired) electrons. The van der Waals surface area contributed by atoms with Crippen molar-refractivity contribution in [1.29, 1.82) is 5.26 Å². The molecule has 0 heterocycles. The fourth-order valence-electron chi connectivity index (χ4n) is 2.49. The van der Waals surface area contributed by atoms with Gasteiger partial charge in [-0.3, -0.25) is 0 Å². The average molecular weight is 244 g/mol. The van der Waals surface area contributed by atoms with Gasteiger partial charge < -0.3 is 10.5 Å². The van der Waals surface area contributed by atoms with Crippen molar-refractivity contribution in [3.63, 3.8) is 0 Å². The van der Waals surface area contributed by atoms with Crippen molar-refractivity contribution in [3.05, 3.63) is 23.8 Å². The van der Waals surface area contributed by atoms with Crippen LogP contribution in [0.4, 0.5) is 5.69 Å². The molecular formula is C15H20N2O. The summed E-state index contributed by atoms with van der Waals surface area (Å²) >= 11 is 0. The van der Waals surface area contributed by atoms with Crippen LogP contribution in [0.1, 0.15) is 38.7 Å². The Bertz CT molecular complexity index is 464. The van der Waals surface area contributed by atoms with Crippen LogP contribution in [-0.2, 0) is 0 Å². The molecule has 3 nitrogen and oxygen atoms in total. The van der Waals surface area contributed by atoms with Crippen molar-refractivity contribution in [1.82, 2.24) is 0 Å². The molecule has 0 bridgehead atoms. The molecule has 0 aliphatic heterocycles. The first-order valence-corrected chi connectivity index (χ1v) is 6.56. The number of hydrogen-bond donors (Lipinski definition) is 1. The van der Waals surface area contributed by atoms with Crippen molar-refractivity contribution < 1.29 is 4.74 Å². The Labute approximate surface area is 109 Å². The van der Waals surface area contributed by atoms with E-state index >= 15 is 0 Å². The van der Waals surface area contributed by atoms with Gasteiger partial charge in [-0.1, -0.05) is 13.8 Å². The minimum atomic E-state index is 0.229. The number of benzene rings is 1. The number of anilines is 1. The Morgan fingerprint density at radius 2 is 2.06 bits per heavy atom. The highest BCUT2D eigenvalue weighted by atomic mass is 16.5. The predicted octanol–water partition coefficient (Wildman–Crippen LogP) is 3.34. The van der Waals surface area contributed by atoms with Crippen LogP contribution in [-0.4, -0.2) is 6.10 Å². The van der Waals surface area contributed by atoms with Gasteiger partial charge in [0.2, 0.25) is 0 Å². The van der Waals surface area contributed by atoms with E-state index in [0.29, 0.717) is 22.9 Å². The van der Waals surface area contributed by atoms with E-state index in [1.54, 1.807) is 18.2 Å². The van der Waals surface area contributed by atoms with Gasteiger partial charge in [0.1, 0.15) is 5.75 Å². The van der Waals surface area contributed by atoms with E-state index in [-0.39, 0.29) is 6.10 Å². The van der Waals surface area contributed by atoms with Crippen LogP contribution in [0, 0.1) is 23.2 Å². The van der Waals surface area contributed by atoms with Crippen LogP contribution in [0.3, 0.4) is 0 Å². The zero-order chi connectivity index (χ0) is 13.1. The maximum Gasteiger partial charge on any atom is 0.143 e. The normalized spacial score (nSPS) is 27.5. The Hall–Kier alpha value is -1.69. The zero-order valence-electron chi connectivity index (χ0n) is 11.0. The number of rotatable bonds is 2. The Kier molecular flexibility index (Phi) is 3.76. The minimum absolute atomic E-state index is 0.229. The zero-order valence-corrected chi connectivity index (χ0v) is 11.0. The van der Waals surface area contributed by atoms with Gasteiger partial charge in [-0.05, 0) is 43.2 Å². The van der Waals surface area contributed by atoms with E-state index in [2.05, 4.69) is 19.9 Å². The van der Waals surface area contributed by atoms with E-state index in [4.69, 9.17) is 15.7 Å². The van der Waals surface area contributed by atoms with E-state index in [9.17, 15) is 0 Å². The Balaban J connectivity index is 2.08. The second-order valence-corrected chi connectivity index (χ2v) is 5.37. The molecular weight excluding hydrogens is 224 g/mol. The molecule has 1 aromatic carbocycles. The molecule has 96 valence electrons. The molecule has 1 aromatic rings. The van der Waals surface area contributed by atoms with Crippen LogP contribution < -0.4 is 10.5 Å². The van der Waals surface area contributed by atoms with E-state index in [1.807, 2.05) is 0 Å². The van der Waals surface area contributed by atoms with Crippen molar-refractivity contribution >= 4 is 5.69 Å². The van der Waals surface area contributed by atoms with Gasteiger partial charge in [-0.25, -0.2) is 0 Å². The van der Waals surface area contributed by atoms with Crippen molar-refractivity contribution in [2.75, 3.05) is 5.73 Å². The fourth-order valence-corrected chi connectivity index (χ4v) is 2.49. The van der Waals surface area contributed by atoms with Gasteiger partial charge >= 0.3 is 0 Å². The quantitative estimate of drug-likeness (QED) is 0.812. The van der Waals surface area contributed by atoms with Crippen LogP contribution in [0.15, 0.2) is 18.2 Å². The van der Waals surface area contributed by atoms with Gasteiger partial charge in [0.15, 0.2) is 0 Å². The first kappa shape index (κ1) is 12.8. The Morgan fingerprint density at radius 3 is 2.72 bits per heavy atom. The lowest BCUT2D eigenvalue weighted by atomic mass is 9.80. The fraction of sp³-hybridized carbons (Fsp3) is 0.533. The summed E-state index contributed by atoms with van der Waals surface area (Å²) in [5.74, 6) is 2.11. The summed E-state index contributed by atoms with van der Waals surface area (Å²) in [6.45, 7) is 4.57. The van der Waals surface area contributed by atoms with Crippen LogP contribution >= 0.6 is 0 Å². The van der Waals surface area contributed by atoms with Crippen LogP contribution in [0.2, 0.25) is 0 Å². The monoisotopic (exact) mass is 244 g/mol. The number of hydrogen-bond acceptors (Lipinski definition) is 3. The molecule has 1 aliphatic rings. The van der Waals surface area contributed by atoms with Gasteiger partial charge in [0, 0.05) is 6.07 Å². The summed E-state index contributed by atoms with van der Waals surface area (Å²) in [7, 11) is 0. The third-order valence-electron chi connectivity index (χ3n) is 3.99. The van der Waals surface area contributed by atoms with E-state index < -0.39 is 0 Å². The number of nitriles is 1. The summed E-state index contributed by atoms with van der Waals surface area (Å²) in [6.07, 6.45) is 3.57. The molecule has 0 saturated heterocycles. The van der Waals surface area contributed by atoms with E-state index in [1.165, 1.54) is 6.42 Å². The predicted molar refractivity (Wildman–Crippen MR) is 72.2 cm³/mol. The molecule has 0 aromatic heterocycles. The molecule has 3 heteroatoms. The van der Waals surface area contributed by atoms with Crippen molar-refractivity contribution in [2.24, 2.45) is 11.8 Å². The van der Waals surface area contributed by atoms with Crippen molar-refractivity contribution in [2.45, 2.75) is 39.2 Å². The summed E-state index contributed by atoms with van der Waals surface area (Å²) in [5, 5.41) is 8.89. The van der Waals surface area contributed by atoms with Crippen LogP contribution in [0.5, 0.6) is 5.75 Å². The third-order valence-corrected chi connectivity index (χ3v) is 3.99. The highest BCUT2D eigenvalue weighted by molar-refractivity contribution is 5.56. The summed E-state index contributed by atoms with van der Waals surface area (Å²) in [6, 6.07) is 7.30. The molecule has 0 amide bonds. The van der Waals surface area contributed by atoms with Gasteiger partial charge in [-0.2, -0.15) is 5.26 Å². The lowest BCUT2D eigenvalue weighted by Gasteiger charge is -2.32. The molecule has 1 fully saturated rings. The maximum atomic E-state index is 8.89. The standard InChI is InChI=1S/C15H20N2O/c1-10-3-5-13(7-11(10)2)18-15-8-12(9-16)4-6-14(15)17/h4,6,8,10-11,13H,3,5,7,17H2,1-2H3. The topological polar surface area (TPSA) is 59.0 Å². The highest BCUT2D eigenvalue weighted by Crippen LogP contribution is 2.33. The smallest absolute Gasteiger partial charge is 0.143 e. The molecule has 2 rings (SSSR count). The van der Waals surface area contributed by atoms with Gasteiger partial charge in [0.05, 0.1) is 23.4 Å². The minimum Gasteiger partial charge on any atom is -0.488 e. The summed E-state index contributed by atoms with van der Waals surface area (Å²) in [5.41, 5.74) is 7.09. The third kappa shape index (κ3) is 2.76. The highest BCUT2D eigenvalue weighted by Gasteiger charge is 2.26. The molecule has 18 heavy (non-hydrogen) atoms. The van der Waals surface area contributed by atoms with Crippen molar-refractivity contribution in [3.8, 4) is 11.8 Å². The second-order valence-electron chi connectivity index (χ2n) is 5.37. The molecule has 1 saturated carbocycles. The number of nitrogen functional groups attached to an aromatic ring is 1. The number of nitrogens with two attached hydrogens (primary N) is 1. The molecule has 3 unspecified atom stereocenters. The summed E-state index contributed by atoms with van der Waals surface area (Å²) < 4.78 is 5.97. The average Bonchev–Trinajstić information content (AvgIpc) is 2.36. The maximum absolute atomic E-state index is 8.89. The van der Waals surface area contributed by atoms with Crippen LogP contribution in [0.25, 0.3) is 0 Å². The van der Waals surface area contributed by atoms with E-state index in [0.717, 1.165) is 18.8 Å². The first-order chi connectivity index (χ1) is 8.60. The Morgan fingerprint density at radius 1 is 1.28 bits per heavy atom.